The number of pyridine rings is 1. The number of aliphatic hydroxyl groups excluding tert-OH is 1. The second kappa shape index (κ2) is 7.81. The highest BCUT2D eigenvalue weighted by Gasteiger charge is 2.29. The molecule has 4 rings (SSSR count). The summed E-state index contributed by atoms with van der Waals surface area (Å²) >= 11 is 0. The number of benzene rings is 1. The molecule has 0 unspecified atom stereocenters. The largest absolute Gasteiger partial charge is 0.392 e. The Morgan fingerprint density at radius 3 is 3.00 bits per heavy atom. The van der Waals surface area contributed by atoms with E-state index in [1.807, 2.05) is 24.3 Å². The molecular formula is C21H26N4O2. The van der Waals surface area contributed by atoms with Gasteiger partial charge in [-0.25, -0.2) is 0 Å². The number of ether oxygens (including phenoxy) is 1. The topological polar surface area (TPSA) is 72.6 Å². The molecule has 3 heterocycles. The molecule has 0 aliphatic carbocycles. The van der Waals surface area contributed by atoms with Gasteiger partial charge < -0.3 is 14.7 Å². The Balaban J connectivity index is 1.57. The number of nitrogens with zero attached hydrogens (tertiary/aromatic N) is 4. The minimum absolute atomic E-state index is 0.0985. The molecule has 1 aromatic heterocycles. The fraction of sp³-hybridized carbons (Fsp3) is 0.524. The first-order valence-corrected chi connectivity index (χ1v) is 9.72. The standard InChI is InChI=1S/C21H26N4O2/c1-15-11-25(14-18(27-15)13-24-9-3-4-17(26)12-24)20-7-6-16(10-22)21-19(20)5-2-8-23-21/h2,5-8,15,17-18,26H,3-4,9,11-14H2,1H3/t15-,17-,18-/m1/s1. The third kappa shape index (κ3) is 3.91. The van der Waals surface area contributed by atoms with Crippen molar-refractivity contribution in [3.8, 4) is 6.07 Å². The van der Waals surface area contributed by atoms with Crippen molar-refractivity contribution in [2.45, 2.75) is 38.1 Å². The molecule has 0 radical (unpaired) electrons. The van der Waals surface area contributed by atoms with Crippen molar-refractivity contribution in [1.82, 2.24) is 9.88 Å². The summed E-state index contributed by atoms with van der Waals surface area (Å²) < 4.78 is 6.20. The highest BCUT2D eigenvalue weighted by molar-refractivity contribution is 5.95. The quantitative estimate of drug-likeness (QED) is 0.897. The molecule has 2 saturated heterocycles. The number of hydrogen-bond acceptors (Lipinski definition) is 6. The van der Waals surface area contributed by atoms with Crippen LogP contribution in [0.25, 0.3) is 10.9 Å². The Hall–Kier alpha value is -2.20. The number of nitriles is 1. The van der Waals surface area contributed by atoms with E-state index in [0.717, 1.165) is 62.2 Å². The maximum atomic E-state index is 9.93. The average molecular weight is 366 g/mol. The second-order valence-electron chi connectivity index (χ2n) is 7.67. The molecule has 27 heavy (non-hydrogen) atoms. The van der Waals surface area contributed by atoms with Crippen molar-refractivity contribution in [1.29, 1.82) is 5.26 Å². The summed E-state index contributed by atoms with van der Waals surface area (Å²) in [6.07, 6.45) is 3.68. The zero-order chi connectivity index (χ0) is 18.8. The number of fused-ring (bicyclic) bond motifs is 1. The predicted molar refractivity (Wildman–Crippen MR) is 105 cm³/mol. The van der Waals surface area contributed by atoms with Crippen LogP contribution in [0.2, 0.25) is 0 Å². The van der Waals surface area contributed by atoms with Crippen LogP contribution in [-0.4, -0.2) is 66.0 Å². The van der Waals surface area contributed by atoms with Crippen molar-refractivity contribution in [2.75, 3.05) is 37.6 Å². The normalized spacial score (nSPS) is 26.9. The lowest BCUT2D eigenvalue weighted by Gasteiger charge is -2.41. The molecule has 1 aromatic carbocycles. The average Bonchev–Trinajstić information content (AvgIpc) is 2.66. The van der Waals surface area contributed by atoms with E-state index in [-0.39, 0.29) is 18.3 Å². The molecule has 2 aliphatic heterocycles. The monoisotopic (exact) mass is 366 g/mol. The number of aliphatic hydroxyl groups is 1. The molecule has 3 atom stereocenters. The summed E-state index contributed by atoms with van der Waals surface area (Å²) in [5.74, 6) is 0. The molecule has 1 N–H and O–H groups in total. The van der Waals surface area contributed by atoms with E-state index >= 15 is 0 Å². The third-order valence-corrected chi connectivity index (χ3v) is 5.48. The summed E-state index contributed by atoms with van der Waals surface area (Å²) in [4.78, 5) is 9.10. The maximum absolute atomic E-state index is 9.93. The van der Waals surface area contributed by atoms with Crippen LogP contribution >= 0.6 is 0 Å². The van der Waals surface area contributed by atoms with Crippen LogP contribution in [0.4, 0.5) is 5.69 Å². The number of anilines is 1. The van der Waals surface area contributed by atoms with Crippen LogP contribution in [0, 0.1) is 11.3 Å². The van der Waals surface area contributed by atoms with Crippen LogP contribution in [-0.2, 0) is 4.74 Å². The molecule has 0 bridgehead atoms. The van der Waals surface area contributed by atoms with E-state index in [2.05, 4.69) is 27.8 Å². The number of β-amino-alcohol motifs (C(OH)–C–C–N with tert-alkyl or cyclic N) is 1. The van der Waals surface area contributed by atoms with E-state index in [1.54, 1.807) is 6.20 Å². The third-order valence-electron chi connectivity index (χ3n) is 5.48. The zero-order valence-electron chi connectivity index (χ0n) is 15.7. The molecule has 0 spiro atoms. The highest BCUT2D eigenvalue weighted by Crippen LogP contribution is 2.30. The molecule has 2 aromatic rings. The molecule has 6 heteroatoms. The maximum Gasteiger partial charge on any atom is 0.101 e. The van der Waals surface area contributed by atoms with Gasteiger partial charge in [-0.1, -0.05) is 0 Å². The zero-order valence-corrected chi connectivity index (χ0v) is 15.7. The molecule has 2 aliphatic rings. The van der Waals surface area contributed by atoms with Gasteiger partial charge in [0, 0.05) is 43.4 Å². The van der Waals surface area contributed by atoms with Gasteiger partial charge in [-0.15, -0.1) is 0 Å². The molecule has 2 fully saturated rings. The lowest BCUT2D eigenvalue weighted by atomic mass is 10.1. The van der Waals surface area contributed by atoms with Crippen molar-refractivity contribution >= 4 is 16.6 Å². The molecule has 142 valence electrons. The Morgan fingerprint density at radius 1 is 1.30 bits per heavy atom. The van der Waals surface area contributed by atoms with Crippen LogP contribution in [0.5, 0.6) is 0 Å². The molecule has 6 nitrogen and oxygen atoms in total. The van der Waals surface area contributed by atoms with E-state index in [1.165, 1.54) is 0 Å². The number of likely N-dealkylation sites (tertiary alicyclic amines) is 1. The number of morpholine rings is 1. The van der Waals surface area contributed by atoms with Gasteiger partial charge in [0.1, 0.15) is 6.07 Å². The van der Waals surface area contributed by atoms with Crippen molar-refractivity contribution in [2.24, 2.45) is 0 Å². The Bertz CT molecular complexity index is 850. The van der Waals surface area contributed by atoms with Crippen LogP contribution in [0.15, 0.2) is 30.5 Å². The molecule has 0 amide bonds. The lowest BCUT2D eigenvalue weighted by Crippen LogP contribution is -2.52. The van der Waals surface area contributed by atoms with Gasteiger partial charge >= 0.3 is 0 Å². The minimum atomic E-state index is -0.218. The van der Waals surface area contributed by atoms with Crippen LogP contribution < -0.4 is 4.90 Å². The van der Waals surface area contributed by atoms with Gasteiger partial charge in [-0.2, -0.15) is 5.26 Å². The van der Waals surface area contributed by atoms with Crippen LogP contribution in [0.1, 0.15) is 25.3 Å². The molecule has 0 saturated carbocycles. The first-order valence-electron chi connectivity index (χ1n) is 9.72. The number of aromatic nitrogens is 1. The number of piperidine rings is 1. The highest BCUT2D eigenvalue weighted by atomic mass is 16.5. The Morgan fingerprint density at radius 2 is 2.19 bits per heavy atom. The molecular weight excluding hydrogens is 340 g/mol. The van der Waals surface area contributed by atoms with Gasteiger partial charge in [0.05, 0.1) is 29.4 Å². The first kappa shape index (κ1) is 18.2. The number of hydrogen-bond donors (Lipinski definition) is 1. The SMILES string of the molecule is C[C@@H]1CN(c2ccc(C#N)c3ncccc23)C[C@@H](CN2CCC[C@@H](O)C2)O1. The fourth-order valence-corrected chi connectivity index (χ4v) is 4.35. The Labute approximate surface area is 160 Å². The lowest BCUT2D eigenvalue weighted by molar-refractivity contribution is -0.0426. The van der Waals surface area contributed by atoms with Gasteiger partial charge in [-0.3, -0.25) is 9.88 Å². The minimum Gasteiger partial charge on any atom is -0.392 e. The van der Waals surface area contributed by atoms with Crippen molar-refractivity contribution in [3.63, 3.8) is 0 Å². The van der Waals surface area contributed by atoms with Gasteiger partial charge in [-0.05, 0) is 50.6 Å². The van der Waals surface area contributed by atoms with Gasteiger partial charge in [0.2, 0.25) is 0 Å². The predicted octanol–water partition coefficient (Wildman–Crippen LogP) is 2.16. The van der Waals surface area contributed by atoms with Crippen molar-refractivity contribution in [3.05, 3.63) is 36.0 Å². The van der Waals surface area contributed by atoms with E-state index < -0.39 is 0 Å². The summed E-state index contributed by atoms with van der Waals surface area (Å²) in [6, 6.07) is 10.1. The van der Waals surface area contributed by atoms with E-state index in [0.29, 0.717) is 5.56 Å². The Kier molecular flexibility index (Phi) is 5.26. The summed E-state index contributed by atoms with van der Waals surface area (Å²) in [5.41, 5.74) is 2.47. The smallest absolute Gasteiger partial charge is 0.101 e. The fourth-order valence-electron chi connectivity index (χ4n) is 4.35. The van der Waals surface area contributed by atoms with Crippen LogP contribution in [0.3, 0.4) is 0 Å². The van der Waals surface area contributed by atoms with Gasteiger partial charge in [0.15, 0.2) is 0 Å². The van der Waals surface area contributed by atoms with E-state index in [4.69, 9.17) is 4.74 Å². The summed E-state index contributed by atoms with van der Waals surface area (Å²) in [7, 11) is 0. The summed E-state index contributed by atoms with van der Waals surface area (Å²) in [5, 5.41) is 20.3. The van der Waals surface area contributed by atoms with Crippen molar-refractivity contribution < 1.29 is 9.84 Å². The van der Waals surface area contributed by atoms with Gasteiger partial charge in [0.25, 0.3) is 0 Å². The second-order valence-corrected chi connectivity index (χ2v) is 7.67. The summed E-state index contributed by atoms with van der Waals surface area (Å²) in [6.45, 7) is 6.31. The first-order chi connectivity index (χ1) is 13.1. The van der Waals surface area contributed by atoms with E-state index in [9.17, 15) is 10.4 Å². The number of rotatable bonds is 3.